The SMILES string of the molecule is CCCc1cc2c(-c3ccccc3CC)c(CC)ccc2[cH-]1.[Cl][Zr+2][Cl].[c-]1cccc2c1[Si]c1ccccc1-2. The molecular formula is C34H32Cl2SiZr. The van der Waals surface area contributed by atoms with Gasteiger partial charge >= 0.3 is 37.9 Å². The van der Waals surface area contributed by atoms with Crippen molar-refractivity contribution in [1.82, 2.24) is 0 Å². The Morgan fingerprint density at radius 2 is 1.47 bits per heavy atom. The van der Waals surface area contributed by atoms with Gasteiger partial charge in [0, 0.05) is 0 Å². The van der Waals surface area contributed by atoms with Crippen molar-refractivity contribution in [3.63, 3.8) is 0 Å². The Kier molecular flexibility index (Phi) is 11.1. The maximum atomic E-state index is 4.93. The van der Waals surface area contributed by atoms with E-state index in [0.29, 0.717) is 0 Å². The second-order valence-electron chi connectivity index (χ2n) is 9.28. The first kappa shape index (κ1) is 29.2. The molecule has 1 heterocycles. The third kappa shape index (κ3) is 6.65. The Bertz CT molecular complexity index is 1440. The molecule has 5 aromatic rings. The summed E-state index contributed by atoms with van der Waals surface area (Å²) in [5.41, 5.74) is 10.0. The molecule has 0 amide bonds. The minimum absolute atomic E-state index is 0.795. The maximum absolute atomic E-state index is 4.93. The van der Waals surface area contributed by atoms with Crippen LogP contribution >= 0.6 is 17.0 Å². The Labute approximate surface area is 249 Å². The molecule has 5 aromatic carbocycles. The first-order valence-electron chi connectivity index (χ1n) is 13.3. The monoisotopic (exact) mass is 628 g/mol. The van der Waals surface area contributed by atoms with Crippen LogP contribution in [0.5, 0.6) is 0 Å². The average Bonchev–Trinajstić information content (AvgIpc) is 3.54. The van der Waals surface area contributed by atoms with E-state index in [1.54, 1.807) is 0 Å². The van der Waals surface area contributed by atoms with Gasteiger partial charge in [-0.15, -0.1) is 40.1 Å². The first-order chi connectivity index (χ1) is 18.6. The summed E-state index contributed by atoms with van der Waals surface area (Å²) >= 11 is -0.826. The number of halogens is 2. The van der Waals surface area contributed by atoms with E-state index in [-0.39, 0.29) is 0 Å². The summed E-state index contributed by atoms with van der Waals surface area (Å²) in [4.78, 5) is 0. The summed E-state index contributed by atoms with van der Waals surface area (Å²) in [5, 5.41) is 5.65. The molecule has 0 aromatic heterocycles. The molecule has 0 nitrogen and oxygen atoms in total. The smallest absolute Gasteiger partial charge is 0.0920 e. The van der Waals surface area contributed by atoms with Crippen LogP contribution in [-0.2, 0) is 40.1 Å². The molecule has 0 unspecified atom stereocenters. The van der Waals surface area contributed by atoms with Gasteiger partial charge in [-0.3, -0.25) is 0 Å². The number of fused-ring (bicyclic) bond motifs is 4. The van der Waals surface area contributed by atoms with Gasteiger partial charge in [0.2, 0.25) is 0 Å². The van der Waals surface area contributed by atoms with E-state index >= 15 is 0 Å². The van der Waals surface area contributed by atoms with Crippen molar-refractivity contribution in [2.75, 3.05) is 0 Å². The normalized spacial score (nSPS) is 11.0. The number of benzene rings is 4. The van der Waals surface area contributed by atoms with Gasteiger partial charge in [-0.1, -0.05) is 97.6 Å². The number of rotatable bonds is 5. The number of hydrogen-bond donors (Lipinski definition) is 0. The molecule has 6 rings (SSSR count). The van der Waals surface area contributed by atoms with Crippen molar-refractivity contribution >= 4 is 47.7 Å². The number of aryl methyl sites for hydroxylation is 3. The molecule has 0 atom stereocenters. The molecule has 0 bridgehead atoms. The van der Waals surface area contributed by atoms with Crippen LogP contribution in [0.4, 0.5) is 0 Å². The third-order valence-corrected chi connectivity index (χ3v) is 8.33. The van der Waals surface area contributed by atoms with Gasteiger partial charge in [-0.2, -0.15) is 35.5 Å². The quantitative estimate of drug-likeness (QED) is 0.132. The van der Waals surface area contributed by atoms with Gasteiger partial charge in [-0.05, 0) is 30.4 Å². The molecule has 1 aliphatic rings. The molecule has 2 radical (unpaired) electrons. The van der Waals surface area contributed by atoms with Gasteiger partial charge in [0.05, 0.1) is 9.52 Å². The molecule has 0 saturated carbocycles. The van der Waals surface area contributed by atoms with Crippen molar-refractivity contribution in [3.8, 4) is 22.3 Å². The van der Waals surface area contributed by atoms with Gasteiger partial charge in [0.1, 0.15) is 0 Å². The zero-order valence-corrected chi connectivity index (χ0v) is 27.2. The Morgan fingerprint density at radius 1 is 0.789 bits per heavy atom. The van der Waals surface area contributed by atoms with Gasteiger partial charge in [0.15, 0.2) is 0 Å². The summed E-state index contributed by atoms with van der Waals surface area (Å²) < 4.78 is 0. The van der Waals surface area contributed by atoms with Gasteiger partial charge in [0.25, 0.3) is 0 Å². The second kappa shape index (κ2) is 14.5. The van der Waals surface area contributed by atoms with Crippen LogP contribution in [-0.4, -0.2) is 9.52 Å². The van der Waals surface area contributed by atoms with E-state index in [2.05, 4.69) is 112 Å². The molecule has 190 valence electrons. The predicted molar refractivity (Wildman–Crippen MR) is 165 cm³/mol. The zero-order chi connectivity index (χ0) is 26.9. The van der Waals surface area contributed by atoms with E-state index in [1.807, 2.05) is 6.07 Å². The Hall–Kier alpha value is -1.83. The maximum Gasteiger partial charge on any atom is 0.0920 e. The van der Waals surface area contributed by atoms with Gasteiger partial charge in [-0.25, -0.2) is 0 Å². The second-order valence-corrected chi connectivity index (χ2v) is 14.3. The van der Waals surface area contributed by atoms with Crippen LogP contribution in [0.15, 0.2) is 91.0 Å². The van der Waals surface area contributed by atoms with Crippen molar-refractivity contribution in [2.45, 2.75) is 46.5 Å². The molecule has 0 spiro atoms. The summed E-state index contributed by atoms with van der Waals surface area (Å²) in [6.45, 7) is 6.76. The minimum atomic E-state index is -0.826. The molecule has 0 saturated heterocycles. The summed E-state index contributed by atoms with van der Waals surface area (Å²) in [5.74, 6) is 0. The largest absolute Gasteiger partial charge is 0.184 e. The standard InChI is InChI=1S/C22H25.C12H7Si.2ClH.Zr/c1-4-9-16-14-19-13-12-18(6-3)22(21(19)15-16)20-11-8-7-10-17(20)5-2;1-3-7-11-9(5-1)10-6-2-4-8-12(10)13-11;;;/h7-8,10-15H,4-6,9H2,1-3H3;1-7H;2*1H;/q2*-1;;;+4/p-2. The summed E-state index contributed by atoms with van der Waals surface area (Å²) in [6, 6.07) is 36.5. The fourth-order valence-electron chi connectivity index (χ4n) is 5.23. The Balaban J connectivity index is 0.000000177. The fourth-order valence-corrected chi connectivity index (χ4v) is 6.54. The molecule has 0 N–H and O–H groups in total. The molecule has 1 aliphatic heterocycles. The predicted octanol–water partition coefficient (Wildman–Crippen LogP) is 8.80. The molecular weight excluding hydrogens is 599 g/mol. The van der Waals surface area contributed by atoms with E-state index in [9.17, 15) is 0 Å². The van der Waals surface area contributed by atoms with E-state index in [1.165, 1.54) is 72.9 Å². The van der Waals surface area contributed by atoms with Gasteiger partial charge < -0.3 is 0 Å². The van der Waals surface area contributed by atoms with Crippen LogP contribution in [0.1, 0.15) is 43.9 Å². The van der Waals surface area contributed by atoms with E-state index < -0.39 is 20.8 Å². The van der Waals surface area contributed by atoms with Crippen LogP contribution < -0.4 is 10.4 Å². The van der Waals surface area contributed by atoms with Crippen LogP contribution in [0.3, 0.4) is 0 Å². The zero-order valence-electron chi connectivity index (χ0n) is 22.2. The summed E-state index contributed by atoms with van der Waals surface area (Å²) in [7, 11) is 10.7. The fraction of sp³-hybridized carbons (Fsp3) is 0.206. The van der Waals surface area contributed by atoms with Crippen molar-refractivity contribution in [1.29, 1.82) is 0 Å². The molecule has 38 heavy (non-hydrogen) atoms. The van der Waals surface area contributed by atoms with Crippen LogP contribution in [0, 0.1) is 6.07 Å². The average molecular weight is 631 g/mol. The third-order valence-electron chi connectivity index (χ3n) is 6.96. The van der Waals surface area contributed by atoms with E-state index in [4.69, 9.17) is 17.0 Å². The van der Waals surface area contributed by atoms with Crippen molar-refractivity contribution in [3.05, 3.63) is 114 Å². The van der Waals surface area contributed by atoms with Crippen molar-refractivity contribution in [2.24, 2.45) is 0 Å². The molecule has 4 heteroatoms. The Morgan fingerprint density at radius 3 is 2.21 bits per heavy atom. The topological polar surface area (TPSA) is 0 Å². The number of hydrogen-bond acceptors (Lipinski definition) is 0. The van der Waals surface area contributed by atoms with E-state index in [0.717, 1.165) is 22.4 Å². The molecule has 0 aliphatic carbocycles. The van der Waals surface area contributed by atoms with Crippen molar-refractivity contribution < 1.29 is 20.8 Å². The first-order valence-corrected chi connectivity index (χ1v) is 20.6. The molecule has 0 fully saturated rings. The van der Waals surface area contributed by atoms with Crippen LogP contribution in [0.2, 0.25) is 0 Å². The summed E-state index contributed by atoms with van der Waals surface area (Å²) in [6.07, 6.45) is 4.54. The minimum Gasteiger partial charge on any atom is -0.184 e. The van der Waals surface area contributed by atoms with Crippen LogP contribution in [0.25, 0.3) is 33.0 Å².